The third kappa shape index (κ3) is 3.84. The number of esters is 1. The zero-order chi connectivity index (χ0) is 20.2. The molecule has 0 radical (unpaired) electrons. The maximum atomic E-state index is 12.1. The molecule has 1 saturated heterocycles. The van der Waals surface area contributed by atoms with Crippen molar-refractivity contribution in [1.82, 2.24) is 0 Å². The highest BCUT2D eigenvalue weighted by atomic mass is 28.4. The van der Waals surface area contributed by atoms with E-state index in [1.54, 1.807) is 0 Å². The molecule has 4 heteroatoms. The predicted molar refractivity (Wildman–Crippen MR) is 116 cm³/mol. The molecule has 1 aliphatic heterocycles. The van der Waals surface area contributed by atoms with Crippen LogP contribution in [0.3, 0.4) is 0 Å². The third-order valence-corrected chi connectivity index (χ3v) is 10.7. The summed E-state index contributed by atoms with van der Waals surface area (Å²) in [7, 11) is -2.55. The number of benzene rings is 2. The van der Waals surface area contributed by atoms with Gasteiger partial charge in [-0.25, -0.2) is 0 Å². The number of hydrogen-bond donors (Lipinski definition) is 0. The molecule has 0 aliphatic carbocycles. The lowest BCUT2D eigenvalue weighted by atomic mass is 9.93. The Bertz CT molecular complexity index is 756. The molecule has 0 saturated carbocycles. The molecule has 3 nitrogen and oxygen atoms in total. The normalized spacial score (nSPS) is 20.0. The van der Waals surface area contributed by atoms with Crippen LogP contribution in [-0.4, -0.2) is 27.5 Å². The van der Waals surface area contributed by atoms with Crippen LogP contribution in [-0.2, 0) is 14.0 Å². The van der Waals surface area contributed by atoms with E-state index in [9.17, 15) is 4.79 Å². The zero-order valence-electron chi connectivity index (χ0n) is 17.1. The minimum absolute atomic E-state index is 0.0657. The van der Waals surface area contributed by atoms with Crippen molar-refractivity contribution in [3.05, 3.63) is 73.3 Å². The van der Waals surface area contributed by atoms with Gasteiger partial charge in [-0.2, -0.15) is 0 Å². The molecule has 2 aromatic carbocycles. The Kier molecular flexibility index (Phi) is 6.21. The van der Waals surface area contributed by atoms with Gasteiger partial charge in [-0.1, -0.05) is 87.5 Å². The molecule has 0 spiro atoms. The summed E-state index contributed by atoms with van der Waals surface area (Å²) < 4.78 is 12.1. The number of ether oxygens (including phenoxy) is 1. The van der Waals surface area contributed by atoms with Crippen LogP contribution in [0.1, 0.15) is 27.2 Å². The molecule has 1 aliphatic rings. The highest BCUT2D eigenvalue weighted by Gasteiger charge is 2.50. The second-order valence-corrected chi connectivity index (χ2v) is 12.7. The topological polar surface area (TPSA) is 35.5 Å². The highest BCUT2D eigenvalue weighted by Crippen LogP contribution is 2.37. The van der Waals surface area contributed by atoms with Crippen LogP contribution in [0.4, 0.5) is 0 Å². The van der Waals surface area contributed by atoms with Gasteiger partial charge in [-0.15, -0.1) is 6.58 Å². The van der Waals surface area contributed by atoms with Gasteiger partial charge in [0.05, 0.1) is 12.5 Å². The SMILES string of the molecule is C=C[C@H]1COC(=O)[C@@H]1CCO[Si](c1ccccc1)(c1ccccc1)C(C)(C)C. The Morgan fingerprint density at radius 2 is 1.61 bits per heavy atom. The second kappa shape index (κ2) is 8.46. The van der Waals surface area contributed by atoms with Crippen molar-refractivity contribution in [2.45, 2.75) is 32.2 Å². The summed E-state index contributed by atoms with van der Waals surface area (Å²) in [6.07, 6.45) is 2.48. The van der Waals surface area contributed by atoms with Gasteiger partial charge in [0.2, 0.25) is 0 Å². The number of cyclic esters (lactones) is 1. The smallest absolute Gasteiger partial charge is 0.309 e. The number of carbonyl (C=O) groups excluding carboxylic acids is 1. The molecular weight excluding hydrogens is 364 g/mol. The summed E-state index contributed by atoms with van der Waals surface area (Å²) in [6.45, 7) is 11.6. The average Bonchev–Trinajstić information content (AvgIpc) is 3.05. The number of hydrogen-bond acceptors (Lipinski definition) is 3. The molecular formula is C24H30O3Si. The van der Waals surface area contributed by atoms with E-state index in [-0.39, 0.29) is 22.8 Å². The van der Waals surface area contributed by atoms with E-state index in [2.05, 4.69) is 75.9 Å². The van der Waals surface area contributed by atoms with Gasteiger partial charge < -0.3 is 9.16 Å². The van der Waals surface area contributed by atoms with E-state index in [0.29, 0.717) is 19.6 Å². The molecule has 28 heavy (non-hydrogen) atoms. The van der Waals surface area contributed by atoms with E-state index in [1.807, 2.05) is 18.2 Å². The highest BCUT2D eigenvalue weighted by molar-refractivity contribution is 6.99. The lowest BCUT2D eigenvalue weighted by molar-refractivity contribution is -0.141. The predicted octanol–water partition coefficient (Wildman–Crippen LogP) is 3.93. The Morgan fingerprint density at radius 1 is 1.07 bits per heavy atom. The van der Waals surface area contributed by atoms with E-state index in [1.165, 1.54) is 10.4 Å². The number of rotatable bonds is 7. The largest absolute Gasteiger partial charge is 0.465 e. The maximum absolute atomic E-state index is 12.1. The van der Waals surface area contributed by atoms with Crippen molar-refractivity contribution >= 4 is 24.7 Å². The van der Waals surface area contributed by atoms with E-state index >= 15 is 0 Å². The fraction of sp³-hybridized carbons (Fsp3) is 0.375. The molecule has 2 aromatic rings. The molecule has 0 unspecified atom stereocenters. The Labute approximate surface area is 169 Å². The molecule has 2 atom stereocenters. The van der Waals surface area contributed by atoms with Crippen molar-refractivity contribution in [3.63, 3.8) is 0 Å². The molecule has 3 rings (SSSR count). The monoisotopic (exact) mass is 394 g/mol. The fourth-order valence-corrected chi connectivity index (χ4v) is 8.82. The summed E-state index contributed by atoms with van der Waals surface area (Å²) in [6, 6.07) is 21.1. The van der Waals surface area contributed by atoms with Gasteiger partial charge in [0.25, 0.3) is 8.32 Å². The number of carbonyl (C=O) groups is 1. The van der Waals surface area contributed by atoms with Crippen LogP contribution < -0.4 is 10.4 Å². The molecule has 0 aromatic heterocycles. The van der Waals surface area contributed by atoms with Gasteiger partial charge in [-0.3, -0.25) is 4.79 Å². The lowest BCUT2D eigenvalue weighted by Gasteiger charge is -2.43. The standard InChI is InChI=1S/C24H30O3Si/c1-5-19-18-26-23(25)22(19)16-17-27-28(24(2,3)4,20-12-8-6-9-13-20)21-14-10-7-11-15-21/h5-15,19,22H,1,16-18H2,2-4H3/t19-,22+/m0/s1. The molecule has 0 N–H and O–H groups in total. The first-order valence-corrected chi connectivity index (χ1v) is 11.8. The first-order chi connectivity index (χ1) is 13.4. The summed E-state index contributed by atoms with van der Waals surface area (Å²) in [5, 5.41) is 2.44. The van der Waals surface area contributed by atoms with Crippen LogP contribution >= 0.6 is 0 Å². The van der Waals surface area contributed by atoms with Crippen LogP contribution in [0, 0.1) is 11.8 Å². The van der Waals surface area contributed by atoms with E-state index in [4.69, 9.17) is 9.16 Å². The van der Waals surface area contributed by atoms with Crippen molar-refractivity contribution in [2.24, 2.45) is 11.8 Å². The van der Waals surface area contributed by atoms with Crippen molar-refractivity contribution in [1.29, 1.82) is 0 Å². The Hall–Kier alpha value is -2.17. The van der Waals surface area contributed by atoms with Gasteiger partial charge >= 0.3 is 5.97 Å². The lowest BCUT2D eigenvalue weighted by Crippen LogP contribution is -2.66. The van der Waals surface area contributed by atoms with Gasteiger partial charge in [0.15, 0.2) is 0 Å². The molecule has 1 heterocycles. The van der Waals surface area contributed by atoms with Crippen molar-refractivity contribution < 1.29 is 14.0 Å². The third-order valence-electron chi connectivity index (χ3n) is 5.70. The summed E-state index contributed by atoms with van der Waals surface area (Å²) in [4.78, 5) is 12.1. The maximum Gasteiger partial charge on any atom is 0.309 e. The molecule has 1 fully saturated rings. The van der Waals surface area contributed by atoms with Gasteiger partial charge in [0.1, 0.15) is 0 Å². The van der Waals surface area contributed by atoms with Crippen LogP contribution in [0.5, 0.6) is 0 Å². The molecule has 148 valence electrons. The minimum atomic E-state index is -2.55. The fourth-order valence-electron chi connectivity index (χ4n) is 4.24. The van der Waals surface area contributed by atoms with E-state index < -0.39 is 8.32 Å². The van der Waals surface area contributed by atoms with Gasteiger partial charge in [-0.05, 0) is 21.8 Å². The van der Waals surface area contributed by atoms with Crippen LogP contribution in [0.2, 0.25) is 5.04 Å². The second-order valence-electron chi connectivity index (χ2n) is 8.44. The molecule has 0 bridgehead atoms. The first-order valence-electron chi connectivity index (χ1n) is 9.94. The van der Waals surface area contributed by atoms with Crippen molar-refractivity contribution in [2.75, 3.05) is 13.2 Å². The zero-order valence-corrected chi connectivity index (χ0v) is 18.1. The average molecular weight is 395 g/mol. The summed E-state index contributed by atoms with van der Waals surface area (Å²) in [5.74, 6) is -0.207. The quantitative estimate of drug-likeness (QED) is 0.405. The first kappa shape index (κ1) is 20.6. The van der Waals surface area contributed by atoms with Crippen molar-refractivity contribution in [3.8, 4) is 0 Å². The Balaban J connectivity index is 1.95. The molecule has 0 amide bonds. The van der Waals surface area contributed by atoms with Gasteiger partial charge in [0, 0.05) is 12.5 Å². The summed E-state index contributed by atoms with van der Waals surface area (Å²) >= 11 is 0. The van der Waals surface area contributed by atoms with Crippen LogP contribution in [0.25, 0.3) is 0 Å². The summed E-state index contributed by atoms with van der Waals surface area (Å²) in [5.41, 5.74) is 0. The minimum Gasteiger partial charge on any atom is -0.465 e. The van der Waals surface area contributed by atoms with Crippen LogP contribution in [0.15, 0.2) is 73.3 Å². The van der Waals surface area contributed by atoms with E-state index in [0.717, 1.165) is 0 Å². The Morgan fingerprint density at radius 3 is 2.07 bits per heavy atom.